The van der Waals surface area contributed by atoms with E-state index in [4.69, 9.17) is 9.26 Å². The molecule has 1 aliphatic heterocycles. The summed E-state index contributed by atoms with van der Waals surface area (Å²) in [7, 11) is 0. The number of carbonyl (C=O) groups excluding carboxylic acids is 1. The summed E-state index contributed by atoms with van der Waals surface area (Å²) in [6.07, 6.45) is 4.08. The molecule has 2 aliphatic rings. The molecule has 1 fully saturated rings. The molecule has 1 amide bonds. The Kier molecular flexibility index (Phi) is 4.60. The standard InChI is InChI=1S/C19H24N4O5/c1-10(2)12-9-13(28-23-12)15(24)20-8-7-19-6-4-3-5-11(19)14-16(25)21-18(26)22-17(14)27-19/h9-11H,3-8H2,1-2H3,(H,20,24)(H2,21,22,25,26)/t11-,19+/m1/s1. The lowest BCUT2D eigenvalue weighted by atomic mass is 9.72. The third-order valence-corrected chi connectivity index (χ3v) is 5.75. The van der Waals surface area contributed by atoms with Crippen molar-refractivity contribution in [3.05, 3.63) is 43.9 Å². The zero-order valence-electron chi connectivity index (χ0n) is 16.0. The summed E-state index contributed by atoms with van der Waals surface area (Å²) in [5, 5.41) is 6.75. The van der Waals surface area contributed by atoms with Gasteiger partial charge in [0, 0.05) is 24.9 Å². The monoisotopic (exact) mass is 388 g/mol. The maximum atomic E-state index is 12.3. The molecule has 9 nitrogen and oxygen atoms in total. The van der Waals surface area contributed by atoms with Gasteiger partial charge in [-0.25, -0.2) is 4.79 Å². The molecule has 0 spiro atoms. The van der Waals surface area contributed by atoms with Crippen LogP contribution in [0.4, 0.5) is 0 Å². The van der Waals surface area contributed by atoms with E-state index in [9.17, 15) is 14.4 Å². The Morgan fingerprint density at radius 2 is 2.18 bits per heavy atom. The van der Waals surface area contributed by atoms with E-state index in [1.807, 2.05) is 13.8 Å². The zero-order valence-corrected chi connectivity index (χ0v) is 16.0. The molecule has 0 unspecified atom stereocenters. The van der Waals surface area contributed by atoms with E-state index in [1.54, 1.807) is 6.07 Å². The molecular formula is C19H24N4O5. The Morgan fingerprint density at radius 3 is 2.93 bits per heavy atom. The van der Waals surface area contributed by atoms with Crippen LogP contribution in [-0.2, 0) is 0 Å². The van der Waals surface area contributed by atoms with Crippen molar-refractivity contribution in [1.29, 1.82) is 0 Å². The second kappa shape index (κ2) is 6.96. The van der Waals surface area contributed by atoms with E-state index in [2.05, 4.69) is 20.4 Å². The molecule has 3 heterocycles. The van der Waals surface area contributed by atoms with Crippen molar-refractivity contribution in [2.75, 3.05) is 6.54 Å². The predicted molar refractivity (Wildman–Crippen MR) is 99.8 cm³/mol. The first-order valence-electron chi connectivity index (χ1n) is 9.70. The topological polar surface area (TPSA) is 130 Å². The smallest absolute Gasteiger partial charge is 0.328 e. The quantitative estimate of drug-likeness (QED) is 0.716. The van der Waals surface area contributed by atoms with Crippen molar-refractivity contribution in [2.24, 2.45) is 0 Å². The highest BCUT2D eigenvalue weighted by molar-refractivity contribution is 5.91. The van der Waals surface area contributed by atoms with Gasteiger partial charge in [-0.3, -0.25) is 19.6 Å². The molecule has 4 rings (SSSR count). The number of rotatable bonds is 5. The fourth-order valence-corrected chi connectivity index (χ4v) is 4.31. The van der Waals surface area contributed by atoms with Crippen LogP contribution in [0.2, 0.25) is 0 Å². The van der Waals surface area contributed by atoms with Crippen LogP contribution >= 0.6 is 0 Å². The molecule has 0 saturated heterocycles. The summed E-state index contributed by atoms with van der Waals surface area (Å²) < 4.78 is 11.2. The highest BCUT2D eigenvalue weighted by Crippen LogP contribution is 2.51. The van der Waals surface area contributed by atoms with Crippen LogP contribution in [0.25, 0.3) is 0 Å². The van der Waals surface area contributed by atoms with E-state index >= 15 is 0 Å². The normalized spacial score (nSPS) is 23.2. The van der Waals surface area contributed by atoms with Gasteiger partial charge in [-0.15, -0.1) is 0 Å². The largest absolute Gasteiger partial charge is 0.471 e. The fraction of sp³-hybridized carbons (Fsp3) is 0.579. The lowest BCUT2D eigenvalue weighted by molar-refractivity contribution is 0.0244. The van der Waals surface area contributed by atoms with Crippen LogP contribution in [-0.4, -0.2) is 33.2 Å². The van der Waals surface area contributed by atoms with Crippen molar-refractivity contribution in [2.45, 2.75) is 63.4 Å². The molecule has 0 aromatic carbocycles. The highest BCUT2D eigenvalue weighted by atomic mass is 16.5. The molecule has 9 heteroatoms. The van der Waals surface area contributed by atoms with Gasteiger partial charge < -0.3 is 14.6 Å². The molecular weight excluding hydrogens is 364 g/mol. The number of ether oxygens (including phenoxy) is 1. The summed E-state index contributed by atoms with van der Waals surface area (Å²) in [6, 6.07) is 1.65. The van der Waals surface area contributed by atoms with Crippen LogP contribution < -0.4 is 21.3 Å². The van der Waals surface area contributed by atoms with Crippen LogP contribution in [0.3, 0.4) is 0 Å². The third kappa shape index (κ3) is 3.14. The molecule has 1 saturated carbocycles. The zero-order chi connectivity index (χ0) is 19.9. The SMILES string of the molecule is CC(C)c1cc(C(=O)NCC[C@@]23CCCC[C@@H]2c2c([nH]c(=O)[nH]c2=O)O3)on1. The maximum Gasteiger partial charge on any atom is 0.328 e. The number of aromatic nitrogens is 3. The number of aromatic amines is 2. The number of carbonyl (C=O) groups is 1. The van der Waals surface area contributed by atoms with Crippen molar-refractivity contribution in [3.8, 4) is 5.88 Å². The Balaban J connectivity index is 1.47. The molecule has 3 N–H and O–H groups in total. The van der Waals surface area contributed by atoms with E-state index in [-0.39, 0.29) is 34.9 Å². The molecule has 0 bridgehead atoms. The minimum absolute atomic E-state index is 0.0911. The van der Waals surface area contributed by atoms with Gasteiger partial charge in [-0.1, -0.05) is 25.4 Å². The van der Waals surface area contributed by atoms with E-state index in [0.29, 0.717) is 18.5 Å². The summed E-state index contributed by atoms with van der Waals surface area (Å²) in [6.45, 7) is 4.31. The van der Waals surface area contributed by atoms with Crippen LogP contribution in [0.1, 0.15) is 79.6 Å². The van der Waals surface area contributed by atoms with Gasteiger partial charge in [0.05, 0.1) is 11.3 Å². The predicted octanol–water partition coefficient (Wildman–Crippen LogP) is 1.78. The van der Waals surface area contributed by atoms with Crippen LogP contribution in [0, 0.1) is 0 Å². The minimum Gasteiger partial charge on any atom is -0.471 e. The van der Waals surface area contributed by atoms with E-state index in [1.165, 1.54) is 0 Å². The van der Waals surface area contributed by atoms with Crippen molar-refractivity contribution in [3.63, 3.8) is 0 Å². The number of nitrogens with zero attached hydrogens (tertiary/aromatic N) is 1. The number of hydrogen-bond acceptors (Lipinski definition) is 6. The molecule has 2 atom stereocenters. The minimum atomic E-state index is -0.588. The second-order valence-corrected chi connectivity index (χ2v) is 7.89. The average molecular weight is 388 g/mol. The molecule has 1 aliphatic carbocycles. The first kappa shape index (κ1) is 18.5. The lowest BCUT2D eigenvalue weighted by Gasteiger charge is -2.38. The van der Waals surface area contributed by atoms with Gasteiger partial charge in [0.15, 0.2) is 0 Å². The van der Waals surface area contributed by atoms with Crippen molar-refractivity contribution < 1.29 is 14.1 Å². The maximum absolute atomic E-state index is 12.3. The summed E-state index contributed by atoms with van der Waals surface area (Å²) >= 11 is 0. The first-order valence-corrected chi connectivity index (χ1v) is 9.70. The number of H-pyrrole nitrogens is 2. The van der Waals surface area contributed by atoms with Crippen molar-refractivity contribution >= 4 is 5.91 Å². The fourth-order valence-electron chi connectivity index (χ4n) is 4.31. The van der Waals surface area contributed by atoms with Gasteiger partial charge in [0.25, 0.3) is 11.5 Å². The van der Waals surface area contributed by atoms with Gasteiger partial charge in [-0.05, 0) is 25.2 Å². The molecule has 2 aromatic rings. The summed E-state index contributed by atoms with van der Waals surface area (Å²) in [4.78, 5) is 41.2. The highest BCUT2D eigenvalue weighted by Gasteiger charge is 2.51. The number of amides is 1. The lowest BCUT2D eigenvalue weighted by Crippen LogP contribution is -2.44. The average Bonchev–Trinajstić information content (AvgIpc) is 3.24. The Bertz CT molecular complexity index is 1000. The molecule has 0 radical (unpaired) electrons. The number of hydrogen-bond donors (Lipinski definition) is 3. The second-order valence-electron chi connectivity index (χ2n) is 7.89. The van der Waals surface area contributed by atoms with Gasteiger partial charge in [0.2, 0.25) is 11.6 Å². The van der Waals surface area contributed by atoms with E-state index < -0.39 is 11.3 Å². The third-order valence-electron chi connectivity index (χ3n) is 5.75. The Labute approximate surface area is 160 Å². The van der Waals surface area contributed by atoms with Gasteiger partial charge in [0.1, 0.15) is 5.60 Å². The van der Waals surface area contributed by atoms with Crippen LogP contribution in [0.5, 0.6) is 5.88 Å². The van der Waals surface area contributed by atoms with Gasteiger partial charge >= 0.3 is 5.69 Å². The first-order chi connectivity index (χ1) is 13.4. The number of nitrogens with one attached hydrogen (secondary N) is 3. The summed E-state index contributed by atoms with van der Waals surface area (Å²) in [5.41, 5.74) is -0.303. The molecule has 150 valence electrons. The molecule has 28 heavy (non-hydrogen) atoms. The van der Waals surface area contributed by atoms with Crippen molar-refractivity contribution in [1.82, 2.24) is 20.4 Å². The Morgan fingerprint density at radius 1 is 1.36 bits per heavy atom. The molecule has 2 aromatic heterocycles. The Hall–Kier alpha value is -2.84. The van der Waals surface area contributed by atoms with E-state index in [0.717, 1.165) is 31.4 Å². The van der Waals surface area contributed by atoms with Gasteiger partial charge in [-0.2, -0.15) is 0 Å². The van der Waals surface area contributed by atoms with Crippen LogP contribution in [0.15, 0.2) is 20.2 Å². The number of fused-ring (bicyclic) bond motifs is 3. The summed E-state index contributed by atoms with van der Waals surface area (Å²) in [5.74, 6) is 0.205.